The number of hydrogen-bond donors (Lipinski definition) is 0. The molecule has 0 radical (unpaired) electrons. The van der Waals surface area contributed by atoms with E-state index in [1.165, 1.54) is 0 Å². The van der Waals surface area contributed by atoms with E-state index in [1.807, 2.05) is 30.3 Å². The SMILES string of the molecule is Cl[Si](Cl)(Cl)CC=COCc1ccccc1. The largest absolute Gasteiger partial charge is 0.497 e. The molecule has 0 aliphatic heterocycles. The lowest BCUT2D eigenvalue weighted by Gasteiger charge is -2.03. The van der Waals surface area contributed by atoms with Crippen LogP contribution in [0.15, 0.2) is 42.7 Å². The Morgan fingerprint density at radius 1 is 1.13 bits per heavy atom. The molecule has 0 bridgehead atoms. The van der Waals surface area contributed by atoms with E-state index >= 15 is 0 Å². The molecule has 1 rings (SSSR count). The number of ether oxygens (including phenoxy) is 1. The molecule has 0 saturated heterocycles. The van der Waals surface area contributed by atoms with E-state index in [0.29, 0.717) is 12.7 Å². The Hall–Kier alpha value is -0.153. The van der Waals surface area contributed by atoms with Crippen molar-refractivity contribution in [3.63, 3.8) is 0 Å². The summed E-state index contributed by atoms with van der Waals surface area (Å²) in [5.41, 5.74) is 1.12. The van der Waals surface area contributed by atoms with E-state index in [1.54, 1.807) is 12.3 Å². The fraction of sp³-hybridized carbons (Fsp3) is 0.200. The van der Waals surface area contributed by atoms with Gasteiger partial charge in [-0.3, -0.25) is 0 Å². The molecule has 0 unspecified atom stereocenters. The standard InChI is InChI=1S/C10H11Cl3OSi/c11-15(12,13)8-4-7-14-9-10-5-2-1-3-6-10/h1-7H,8-9H2. The van der Waals surface area contributed by atoms with Crippen LogP contribution in [0.3, 0.4) is 0 Å². The first-order valence-corrected chi connectivity index (χ1v) is 9.69. The minimum atomic E-state index is -2.54. The van der Waals surface area contributed by atoms with Gasteiger partial charge in [-0.15, -0.1) is 33.2 Å². The molecular weight excluding hydrogens is 271 g/mol. The summed E-state index contributed by atoms with van der Waals surface area (Å²) in [4.78, 5) is 0. The van der Waals surface area contributed by atoms with Gasteiger partial charge in [-0.05, 0) is 11.6 Å². The van der Waals surface area contributed by atoms with Gasteiger partial charge in [-0.2, -0.15) is 0 Å². The quantitative estimate of drug-likeness (QED) is 0.442. The highest BCUT2D eigenvalue weighted by Crippen LogP contribution is 2.25. The predicted molar refractivity (Wildman–Crippen MR) is 68.5 cm³/mol. The van der Waals surface area contributed by atoms with Crippen molar-refractivity contribution in [1.82, 2.24) is 0 Å². The summed E-state index contributed by atoms with van der Waals surface area (Å²) >= 11 is 17.1. The van der Waals surface area contributed by atoms with Gasteiger partial charge in [-0.25, -0.2) is 0 Å². The summed E-state index contributed by atoms with van der Waals surface area (Å²) in [6.45, 7) is 0.540. The molecule has 0 saturated carbocycles. The van der Waals surface area contributed by atoms with Crippen molar-refractivity contribution in [3.8, 4) is 0 Å². The molecule has 0 N–H and O–H groups in total. The maximum absolute atomic E-state index is 5.69. The Morgan fingerprint density at radius 2 is 1.80 bits per heavy atom. The van der Waals surface area contributed by atoms with Crippen molar-refractivity contribution in [3.05, 3.63) is 48.2 Å². The highest BCUT2D eigenvalue weighted by molar-refractivity contribution is 7.64. The summed E-state index contributed by atoms with van der Waals surface area (Å²) in [6.07, 6.45) is 3.34. The lowest BCUT2D eigenvalue weighted by atomic mass is 10.2. The average molecular weight is 282 g/mol. The molecule has 82 valence electrons. The summed E-state index contributed by atoms with van der Waals surface area (Å²) in [6, 6.07) is 7.84. The van der Waals surface area contributed by atoms with Crippen molar-refractivity contribution in [2.24, 2.45) is 0 Å². The van der Waals surface area contributed by atoms with E-state index < -0.39 is 6.00 Å². The highest BCUT2D eigenvalue weighted by atomic mass is 35.8. The van der Waals surface area contributed by atoms with Crippen molar-refractivity contribution in [1.29, 1.82) is 0 Å². The van der Waals surface area contributed by atoms with Crippen LogP contribution in [-0.2, 0) is 11.3 Å². The normalized spacial score (nSPS) is 11.9. The van der Waals surface area contributed by atoms with Gasteiger partial charge in [0.1, 0.15) is 6.61 Å². The summed E-state index contributed by atoms with van der Waals surface area (Å²) in [5.74, 6) is 0. The lowest BCUT2D eigenvalue weighted by Crippen LogP contribution is -2.05. The Bertz CT molecular complexity index is 308. The molecule has 15 heavy (non-hydrogen) atoms. The number of hydrogen-bond acceptors (Lipinski definition) is 1. The zero-order chi connectivity index (χ0) is 11.1. The third-order valence-corrected chi connectivity index (χ3v) is 3.72. The van der Waals surface area contributed by atoms with E-state index in [9.17, 15) is 0 Å². The van der Waals surface area contributed by atoms with Crippen LogP contribution in [0, 0.1) is 0 Å². The summed E-state index contributed by atoms with van der Waals surface area (Å²) < 4.78 is 5.28. The molecule has 0 aliphatic carbocycles. The van der Waals surface area contributed by atoms with Crippen LogP contribution in [-0.4, -0.2) is 6.00 Å². The minimum absolute atomic E-state index is 0.479. The molecule has 0 spiro atoms. The molecule has 5 heteroatoms. The average Bonchev–Trinajstić information content (AvgIpc) is 2.17. The molecule has 1 aromatic carbocycles. The van der Waals surface area contributed by atoms with E-state index in [0.717, 1.165) is 5.56 Å². The third-order valence-electron chi connectivity index (χ3n) is 1.63. The molecule has 0 fully saturated rings. The van der Waals surface area contributed by atoms with Gasteiger partial charge in [-0.1, -0.05) is 30.3 Å². The second-order valence-corrected chi connectivity index (χ2v) is 12.2. The van der Waals surface area contributed by atoms with Gasteiger partial charge >= 0.3 is 6.00 Å². The first-order chi connectivity index (χ1) is 7.08. The second-order valence-electron chi connectivity index (χ2n) is 2.99. The van der Waals surface area contributed by atoms with Gasteiger partial charge < -0.3 is 4.74 Å². The lowest BCUT2D eigenvalue weighted by molar-refractivity contribution is 0.236. The molecule has 1 aromatic rings. The van der Waals surface area contributed by atoms with Crippen LogP contribution in [0.2, 0.25) is 6.04 Å². The summed E-state index contributed by atoms with van der Waals surface area (Å²) in [7, 11) is 0. The van der Waals surface area contributed by atoms with Gasteiger partial charge in [0, 0.05) is 6.04 Å². The van der Waals surface area contributed by atoms with Crippen LogP contribution >= 0.6 is 33.2 Å². The Morgan fingerprint density at radius 3 is 2.40 bits per heavy atom. The molecule has 0 amide bonds. The Balaban J connectivity index is 2.22. The number of benzene rings is 1. The van der Waals surface area contributed by atoms with Crippen LogP contribution in [0.4, 0.5) is 0 Å². The summed E-state index contributed by atoms with van der Waals surface area (Å²) in [5, 5.41) is 0. The van der Waals surface area contributed by atoms with Gasteiger partial charge in [0.2, 0.25) is 0 Å². The number of halogens is 3. The van der Waals surface area contributed by atoms with Crippen LogP contribution < -0.4 is 0 Å². The topological polar surface area (TPSA) is 9.23 Å². The number of rotatable bonds is 5. The van der Waals surface area contributed by atoms with Gasteiger partial charge in [0.05, 0.1) is 6.26 Å². The minimum Gasteiger partial charge on any atom is -0.497 e. The van der Waals surface area contributed by atoms with E-state index in [4.69, 9.17) is 38.0 Å². The first kappa shape index (κ1) is 12.9. The highest BCUT2D eigenvalue weighted by Gasteiger charge is 2.22. The maximum Gasteiger partial charge on any atom is 0.345 e. The van der Waals surface area contributed by atoms with Crippen molar-refractivity contribution >= 4 is 39.2 Å². The Labute approximate surface area is 105 Å². The maximum atomic E-state index is 5.69. The monoisotopic (exact) mass is 280 g/mol. The predicted octanol–water partition coefficient (Wildman–Crippen LogP) is 4.37. The smallest absolute Gasteiger partial charge is 0.345 e. The zero-order valence-electron chi connectivity index (χ0n) is 8.00. The van der Waals surface area contributed by atoms with Gasteiger partial charge in [0.25, 0.3) is 0 Å². The fourth-order valence-corrected chi connectivity index (χ4v) is 2.13. The second kappa shape index (κ2) is 6.43. The molecule has 1 nitrogen and oxygen atoms in total. The zero-order valence-corrected chi connectivity index (χ0v) is 11.3. The van der Waals surface area contributed by atoms with E-state index in [2.05, 4.69) is 0 Å². The first-order valence-electron chi connectivity index (χ1n) is 4.45. The molecule has 0 aliphatic rings. The molecular formula is C10H11Cl3OSi. The molecule has 0 aromatic heterocycles. The molecule has 0 atom stereocenters. The van der Waals surface area contributed by atoms with Crippen molar-refractivity contribution in [2.75, 3.05) is 0 Å². The third kappa shape index (κ3) is 6.85. The van der Waals surface area contributed by atoms with Gasteiger partial charge in [0.15, 0.2) is 0 Å². The van der Waals surface area contributed by atoms with E-state index in [-0.39, 0.29) is 0 Å². The van der Waals surface area contributed by atoms with Crippen molar-refractivity contribution < 1.29 is 4.74 Å². The van der Waals surface area contributed by atoms with Crippen molar-refractivity contribution in [2.45, 2.75) is 12.7 Å². The Kier molecular flexibility index (Phi) is 5.54. The van der Waals surface area contributed by atoms with Crippen LogP contribution in [0.1, 0.15) is 5.56 Å². The van der Waals surface area contributed by atoms with Crippen LogP contribution in [0.5, 0.6) is 0 Å². The molecule has 0 heterocycles. The van der Waals surface area contributed by atoms with Crippen LogP contribution in [0.25, 0.3) is 0 Å². The fourth-order valence-electron chi connectivity index (χ4n) is 0.968. The number of allylic oxidation sites excluding steroid dienone is 1.